The summed E-state index contributed by atoms with van der Waals surface area (Å²) in [6.07, 6.45) is 14.6. The average Bonchev–Trinajstić information content (AvgIpc) is 2.76. The van der Waals surface area contributed by atoms with Gasteiger partial charge in [0.1, 0.15) is 5.75 Å². The molecule has 0 saturated carbocycles. The predicted octanol–water partition coefficient (Wildman–Crippen LogP) is 2.66. The zero-order chi connectivity index (χ0) is 23.2. The van der Waals surface area contributed by atoms with Gasteiger partial charge in [-0.1, -0.05) is 51.9 Å². The van der Waals surface area contributed by atoms with Gasteiger partial charge >= 0.3 is 35.7 Å². The number of aryl methyl sites for hydroxylation is 1. The van der Waals surface area contributed by atoms with Gasteiger partial charge in [0.05, 0.1) is 4.90 Å². The van der Waals surface area contributed by atoms with E-state index in [0.29, 0.717) is 6.54 Å². The Balaban J connectivity index is 0. The van der Waals surface area contributed by atoms with Gasteiger partial charge in [0.25, 0.3) is 10.1 Å². The van der Waals surface area contributed by atoms with Crippen molar-refractivity contribution in [3.63, 3.8) is 0 Å². The van der Waals surface area contributed by atoms with Crippen LogP contribution in [0.4, 0.5) is 4.79 Å². The molecular formula is C24H36ClNNaO6S+. The third kappa shape index (κ3) is 13.7. The minimum Gasteiger partial charge on any atom is -1.00 e. The molecule has 10 heteroatoms. The second kappa shape index (κ2) is 18.2. The van der Waals surface area contributed by atoms with Gasteiger partial charge < -0.3 is 10.9 Å². The maximum atomic E-state index is 11.8. The largest absolute Gasteiger partial charge is 1.00 e. The van der Waals surface area contributed by atoms with Crippen molar-refractivity contribution in [2.24, 2.45) is 0 Å². The van der Waals surface area contributed by atoms with Gasteiger partial charge in [-0.3, -0.25) is 4.55 Å². The normalized spacial score (nSPS) is 10.6. The van der Waals surface area contributed by atoms with Gasteiger partial charge in [0, 0.05) is 12.1 Å². The quantitative estimate of drug-likeness (QED) is 0.102. The summed E-state index contributed by atoms with van der Waals surface area (Å²) in [6.45, 7) is 2.88. The van der Waals surface area contributed by atoms with Crippen molar-refractivity contribution in [1.82, 2.24) is 0 Å². The van der Waals surface area contributed by atoms with Crippen LogP contribution >= 0.6 is 12.4 Å². The van der Waals surface area contributed by atoms with E-state index in [9.17, 15) is 13.2 Å². The van der Waals surface area contributed by atoms with Gasteiger partial charge in [0.2, 0.25) is 0 Å². The molecule has 1 heterocycles. The smallest absolute Gasteiger partial charge is 1.00 e. The van der Waals surface area contributed by atoms with E-state index in [1.165, 1.54) is 69.1 Å². The van der Waals surface area contributed by atoms with Crippen molar-refractivity contribution in [3.05, 3.63) is 54.4 Å². The predicted molar refractivity (Wildman–Crippen MR) is 130 cm³/mol. The number of ether oxygens (including phenoxy) is 2. The number of hydrogen-bond acceptors (Lipinski definition) is 5. The summed E-state index contributed by atoms with van der Waals surface area (Å²) in [5, 5.41) is 0. The third-order valence-corrected chi connectivity index (χ3v) is 6.04. The SMILES string of the molecule is CCCCCCCCCCc1cc[n+](CCOC(=O)Oc2ccc(S(=O)(=O)O)cc2)cc1.Cl.[H-].[Na+]. The van der Waals surface area contributed by atoms with Gasteiger partial charge in [-0.25, -0.2) is 9.36 Å². The van der Waals surface area contributed by atoms with Crippen LogP contribution in [0.5, 0.6) is 5.75 Å². The van der Waals surface area contributed by atoms with Gasteiger partial charge in [-0.15, -0.1) is 12.4 Å². The number of hydrogen-bond donors (Lipinski definition) is 1. The van der Waals surface area contributed by atoms with E-state index >= 15 is 0 Å². The molecule has 2 aromatic rings. The first-order chi connectivity index (χ1) is 15.4. The van der Waals surface area contributed by atoms with Crippen LogP contribution in [0, 0.1) is 0 Å². The maximum absolute atomic E-state index is 11.8. The van der Waals surface area contributed by atoms with Crippen molar-refractivity contribution >= 4 is 28.7 Å². The van der Waals surface area contributed by atoms with E-state index < -0.39 is 16.3 Å². The first kappa shape index (κ1) is 32.8. The zero-order valence-corrected chi connectivity index (χ0v) is 23.8. The molecule has 0 unspecified atom stereocenters. The van der Waals surface area contributed by atoms with Crippen LogP contribution < -0.4 is 38.9 Å². The van der Waals surface area contributed by atoms with E-state index in [1.807, 2.05) is 17.0 Å². The standard InChI is InChI=1S/C24H33NO6S.ClH.Na.H/c1-2-3-4-5-6-7-8-9-10-21-15-17-25(18-16-21)19-20-30-24(26)31-22-11-13-23(14-12-22)32(27,28)29;;;/h11-18H,2-10,19-20H2,1H3;1H;;/q;;+1;-1/p+1. The molecule has 1 aromatic carbocycles. The first-order valence-electron chi connectivity index (χ1n) is 11.3. The fourth-order valence-corrected chi connectivity index (χ4v) is 3.79. The Morgan fingerprint density at radius 2 is 1.50 bits per heavy atom. The number of pyridine rings is 1. The van der Waals surface area contributed by atoms with Crippen LogP contribution in [0.25, 0.3) is 0 Å². The molecular weight excluding hydrogens is 489 g/mol. The average molecular weight is 525 g/mol. The summed E-state index contributed by atoms with van der Waals surface area (Å²) in [7, 11) is -4.28. The number of nitrogens with zero attached hydrogens (tertiary/aromatic N) is 1. The molecule has 0 bridgehead atoms. The zero-order valence-electron chi connectivity index (χ0n) is 21.1. The summed E-state index contributed by atoms with van der Waals surface area (Å²) in [4.78, 5) is 11.5. The molecule has 0 aliphatic carbocycles. The van der Waals surface area contributed by atoms with E-state index in [2.05, 4.69) is 19.1 Å². The van der Waals surface area contributed by atoms with Crippen LogP contribution in [0.3, 0.4) is 0 Å². The molecule has 0 aliphatic heterocycles. The molecule has 0 aliphatic rings. The fraction of sp³-hybridized carbons (Fsp3) is 0.500. The fourth-order valence-electron chi connectivity index (χ4n) is 3.31. The molecule has 2 rings (SSSR count). The number of benzene rings is 1. The second-order valence-corrected chi connectivity index (χ2v) is 9.24. The van der Waals surface area contributed by atoms with Gasteiger partial charge in [-0.05, 0) is 42.7 Å². The van der Waals surface area contributed by atoms with E-state index in [-0.39, 0.29) is 60.6 Å². The Bertz CT molecular complexity index is 930. The Labute approximate surface area is 233 Å². The minimum absolute atomic E-state index is 0. The van der Waals surface area contributed by atoms with Gasteiger partial charge in [0.15, 0.2) is 25.5 Å². The van der Waals surface area contributed by atoms with E-state index in [0.717, 1.165) is 18.6 Å². The molecule has 1 aromatic heterocycles. The monoisotopic (exact) mass is 524 g/mol. The van der Waals surface area contributed by atoms with Crippen LogP contribution in [0.15, 0.2) is 53.7 Å². The second-order valence-electron chi connectivity index (χ2n) is 7.82. The van der Waals surface area contributed by atoms with Gasteiger partial charge in [-0.2, -0.15) is 8.42 Å². The number of carbonyl (C=O) groups excluding carboxylic acids is 1. The number of unbranched alkanes of at least 4 members (excludes halogenated alkanes) is 7. The summed E-state index contributed by atoms with van der Waals surface area (Å²) in [5.74, 6) is 0.125. The first-order valence-corrected chi connectivity index (χ1v) is 12.7. The number of aromatic nitrogens is 1. The van der Waals surface area contributed by atoms with Crippen LogP contribution in [0.1, 0.15) is 65.3 Å². The third-order valence-electron chi connectivity index (χ3n) is 5.17. The summed E-state index contributed by atoms with van der Waals surface area (Å²) < 4.78 is 42.9. The Morgan fingerprint density at radius 1 is 0.941 bits per heavy atom. The topological polar surface area (TPSA) is 93.8 Å². The summed E-state index contributed by atoms with van der Waals surface area (Å²) >= 11 is 0. The van der Waals surface area contributed by atoms with Crippen LogP contribution in [0.2, 0.25) is 0 Å². The Morgan fingerprint density at radius 3 is 2.06 bits per heavy atom. The van der Waals surface area contributed by atoms with Crippen molar-refractivity contribution in [3.8, 4) is 5.75 Å². The summed E-state index contributed by atoms with van der Waals surface area (Å²) in [6, 6.07) is 9.01. The summed E-state index contributed by atoms with van der Waals surface area (Å²) in [5.41, 5.74) is 1.31. The molecule has 0 saturated heterocycles. The molecule has 186 valence electrons. The minimum atomic E-state index is -4.28. The van der Waals surface area contributed by atoms with Crippen molar-refractivity contribution in [2.45, 2.75) is 76.2 Å². The molecule has 0 spiro atoms. The molecule has 34 heavy (non-hydrogen) atoms. The van der Waals surface area contributed by atoms with E-state index in [1.54, 1.807) is 0 Å². The molecule has 7 nitrogen and oxygen atoms in total. The Kier molecular flexibility index (Phi) is 17.5. The van der Waals surface area contributed by atoms with Crippen LogP contribution in [-0.2, 0) is 27.8 Å². The number of carbonyl (C=O) groups is 1. The molecule has 0 atom stereocenters. The van der Waals surface area contributed by atoms with Crippen LogP contribution in [-0.4, -0.2) is 25.7 Å². The molecule has 0 radical (unpaired) electrons. The maximum Gasteiger partial charge on any atom is 1.00 e. The van der Waals surface area contributed by atoms with Crippen molar-refractivity contribution in [2.75, 3.05) is 6.61 Å². The van der Waals surface area contributed by atoms with E-state index in [4.69, 9.17) is 14.0 Å². The number of rotatable bonds is 14. The van der Waals surface area contributed by atoms with Crippen molar-refractivity contribution in [1.29, 1.82) is 0 Å². The molecule has 0 amide bonds. The van der Waals surface area contributed by atoms with Crippen molar-refractivity contribution < 1.29 is 62.8 Å². The molecule has 0 fully saturated rings. The number of halogens is 1. The molecule has 1 N–H and O–H groups in total. The Hall–Kier alpha value is -1.16.